The minimum absolute atomic E-state index is 0.177. The number of hydrogen-bond donors (Lipinski definition) is 1. The first-order valence-electron chi connectivity index (χ1n) is 7.16. The molecule has 1 aliphatic rings. The van der Waals surface area contributed by atoms with Gasteiger partial charge in [0.2, 0.25) is 5.91 Å². The molecule has 3 nitrogen and oxygen atoms in total. The van der Waals surface area contributed by atoms with Gasteiger partial charge in [-0.05, 0) is 44.7 Å². The summed E-state index contributed by atoms with van der Waals surface area (Å²) in [7, 11) is 0. The second-order valence-corrected chi connectivity index (χ2v) is 6.80. The Hall–Kier alpha value is -1.00. The molecule has 1 amide bonds. The van der Waals surface area contributed by atoms with Gasteiger partial charge in [0.25, 0.3) is 0 Å². The Balaban J connectivity index is 1.87. The molecule has 1 aliphatic heterocycles. The van der Waals surface area contributed by atoms with E-state index in [1.807, 2.05) is 24.0 Å². The maximum Gasteiger partial charge on any atom is 0.232 e. The molecule has 0 aliphatic carbocycles. The van der Waals surface area contributed by atoms with E-state index in [1.165, 1.54) is 10.5 Å². The molecule has 0 aromatic heterocycles. The quantitative estimate of drug-likeness (QED) is 0.871. The fourth-order valence-electron chi connectivity index (χ4n) is 2.46. The summed E-state index contributed by atoms with van der Waals surface area (Å²) in [5.74, 6) is 0.656. The van der Waals surface area contributed by atoms with Crippen LogP contribution in [0.4, 0.5) is 0 Å². The third-order valence-corrected chi connectivity index (χ3v) is 5.02. The lowest BCUT2D eigenvalue weighted by molar-refractivity contribution is -0.128. The van der Waals surface area contributed by atoms with Crippen molar-refractivity contribution in [3.63, 3.8) is 0 Å². The van der Waals surface area contributed by atoms with Gasteiger partial charge in [-0.25, -0.2) is 0 Å². The molecule has 110 valence electrons. The molecule has 1 heterocycles. The Morgan fingerprint density at radius 3 is 2.85 bits per heavy atom. The van der Waals surface area contributed by atoms with E-state index in [1.54, 1.807) is 11.8 Å². The Morgan fingerprint density at radius 2 is 2.10 bits per heavy atom. The summed E-state index contributed by atoms with van der Waals surface area (Å²) in [6.07, 6.45) is 2.34. The number of aryl methyl sites for hydroxylation is 1. The van der Waals surface area contributed by atoms with Crippen LogP contribution < -0.4 is 0 Å². The first-order chi connectivity index (χ1) is 9.48. The third kappa shape index (κ3) is 4.25. The van der Waals surface area contributed by atoms with Gasteiger partial charge in [-0.15, -0.1) is 11.8 Å². The van der Waals surface area contributed by atoms with Crippen LogP contribution >= 0.6 is 11.8 Å². The standard InChI is InChI=1S/C16H23NO2S/c1-13-6-3-4-7-14(13)20-12-15(18)17-10-5-8-16(2,19)9-11-17/h3-4,6-7,19H,5,8-12H2,1-2H3. The van der Waals surface area contributed by atoms with Crippen molar-refractivity contribution in [3.05, 3.63) is 29.8 Å². The molecule has 1 saturated heterocycles. The third-order valence-electron chi connectivity index (χ3n) is 3.86. The van der Waals surface area contributed by atoms with Gasteiger partial charge in [0.05, 0.1) is 11.4 Å². The molecule has 0 saturated carbocycles. The average molecular weight is 293 g/mol. The number of benzene rings is 1. The largest absolute Gasteiger partial charge is 0.390 e. The van der Waals surface area contributed by atoms with Crippen molar-refractivity contribution in [3.8, 4) is 0 Å². The van der Waals surface area contributed by atoms with Crippen molar-refractivity contribution < 1.29 is 9.90 Å². The fourth-order valence-corrected chi connectivity index (χ4v) is 3.39. The van der Waals surface area contributed by atoms with E-state index in [2.05, 4.69) is 19.1 Å². The minimum Gasteiger partial charge on any atom is -0.390 e. The lowest BCUT2D eigenvalue weighted by Gasteiger charge is -2.22. The summed E-state index contributed by atoms with van der Waals surface area (Å²) in [4.78, 5) is 15.3. The molecule has 1 aromatic carbocycles. The predicted molar refractivity (Wildman–Crippen MR) is 83.0 cm³/mol. The van der Waals surface area contributed by atoms with E-state index in [9.17, 15) is 9.90 Å². The van der Waals surface area contributed by atoms with Crippen LogP contribution in [0.2, 0.25) is 0 Å². The first-order valence-corrected chi connectivity index (χ1v) is 8.15. The topological polar surface area (TPSA) is 40.5 Å². The van der Waals surface area contributed by atoms with Gasteiger partial charge in [0.15, 0.2) is 0 Å². The maximum atomic E-state index is 12.3. The van der Waals surface area contributed by atoms with Crippen LogP contribution in [0.3, 0.4) is 0 Å². The zero-order valence-electron chi connectivity index (χ0n) is 12.3. The highest BCUT2D eigenvalue weighted by Crippen LogP contribution is 2.24. The number of amides is 1. The fraction of sp³-hybridized carbons (Fsp3) is 0.562. The second kappa shape index (κ2) is 6.64. The summed E-state index contributed by atoms with van der Waals surface area (Å²) in [6.45, 7) is 5.36. The van der Waals surface area contributed by atoms with Crippen LogP contribution in [0.1, 0.15) is 31.7 Å². The smallest absolute Gasteiger partial charge is 0.232 e. The molecule has 1 aromatic rings. The highest BCUT2D eigenvalue weighted by atomic mass is 32.2. The molecule has 20 heavy (non-hydrogen) atoms. The SMILES string of the molecule is Cc1ccccc1SCC(=O)N1CCCC(C)(O)CC1. The number of carbonyl (C=O) groups excluding carboxylic acids is 1. The molecule has 4 heteroatoms. The Morgan fingerprint density at radius 1 is 1.35 bits per heavy atom. The summed E-state index contributed by atoms with van der Waals surface area (Å²) < 4.78 is 0. The zero-order chi connectivity index (χ0) is 14.6. The van der Waals surface area contributed by atoms with Crippen molar-refractivity contribution >= 4 is 17.7 Å². The molecule has 2 rings (SSSR count). The van der Waals surface area contributed by atoms with Gasteiger partial charge >= 0.3 is 0 Å². The number of rotatable bonds is 3. The van der Waals surface area contributed by atoms with Crippen LogP contribution in [0, 0.1) is 6.92 Å². The second-order valence-electron chi connectivity index (χ2n) is 5.79. The molecule has 1 N–H and O–H groups in total. The highest BCUT2D eigenvalue weighted by Gasteiger charge is 2.26. The van der Waals surface area contributed by atoms with Crippen LogP contribution in [0.5, 0.6) is 0 Å². The number of aliphatic hydroxyl groups is 1. The Kier molecular flexibility index (Phi) is 5.11. The zero-order valence-corrected chi connectivity index (χ0v) is 13.1. The highest BCUT2D eigenvalue weighted by molar-refractivity contribution is 8.00. The predicted octanol–water partition coefficient (Wildman–Crippen LogP) is 2.85. The van der Waals surface area contributed by atoms with Crippen molar-refractivity contribution in [2.45, 2.75) is 43.6 Å². The van der Waals surface area contributed by atoms with Gasteiger partial charge in [-0.2, -0.15) is 0 Å². The summed E-state index contributed by atoms with van der Waals surface area (Å²) in [5, 5.41) is 10.1. The van der Waals surface area contributed by atoms with E-state index in [-0.39, 0.29) is 5.91 Å². The van der Waals surface area contributed by atoms with Gasteiger partial charge < -0.3 is 10.0 Å². The van der Waals surface area contributed by atoms with E-state index < -0.39 is 5.60 Å². The monoisotopic (exact) mass is 293 g/mol. The average Bonchev–Trinajstić information content (AvgIpc) is 2.58. The van der Waals surface area contributed by atoms with Crippen molar-refractivity contribution in [2.24, 2.45) is 0 Å². The van der Waals surface area contributed by atoms with Gasteiger partial charge in [0, 0.05) is 18.0 Å². The van der Waals surface area contributed by atoms with E-state index in [0.717, 1.165) is 19.4 Å². The molecular weight excluding hydrogens is 270 g/mol. The first kappa shape index (κ1) is 15.4. The van der Waals surface area contributed by atoms with Crippen molar-refractivity contribution in [2.75, 3.05) is 18.8 Å². The molecule has 1 unspecified atom stereocenters. The van der Waals surface area contributed by atoms with Crippen LogP contribution in [0.25, 0.3) is 0 Å². The van der Waals surface area contributed by atoms with E-state index in [0.29, 0.717) is 18.7 Å². The van der Waals surface area contributed by atoms with Gasteiger partial charge in [0.1, 0.15) is 0 Å². The number of likely N-dealkylation sites (tertiary alicyclic amines) is 1. The summed E-state index contributed by atoms with van der Waals surface area (Å²) in [5.41, 5.74) is 0.599. The normalized spacial score (nSPS) is 23.4. The lowest BCUT2D eigenvalue weighted by Crippen LogP contribution is -2.34. The number of hydrogen-bond acceptors (Lipinski definition) is 3. The van der Waals surface area contributed by atoms with Crippen molar-refractivity contribution in [1.82, 2.24) is 4.90 Å². The van der Waals surface area contributed by atoms with Crippen molar-refractivity contribution in [1.29, 1.82) is 0 Å². The summed E-state index contributed by atoms with van der Waals surface area (Å²) >= 11 is 1.60. The Labute approximate surface area is 125 Å². The van der Waals surface area contributed by atoms with Crippen LogP contribution in [-0.2, 0) is 4.79 Å². The Bertz CT molecular complexity index is 473. The number of carbonyl (C=O) groups is 1. The minimum atomic E-state index is -0.613. The van der Waals surface area contributed by atoms with Gasteiger partial charge in [-0.1, -0.05) is 18.2 Å². The van der Waals surface area contributed by atoms with Crippen LogP contribution in [-0.4, -0.2) is 40.4 Å². The molecule has 0 spiro atoms. The van der Waals surface area contributed by atoms with Gasteiger partial charge in [-0.3, -0.25) is 4.79 Å². The molecule has 1 fully saturated rings. The molecule has 0 radical (unpaired) electrons. The molecular formula is C16H23NO2S. The molecule has 0 bridgehead atoms. The van der Waals surface area contributed by atoms with Crippen LogP contribution in [0.15, 0.2) is 29.2 Å². The van der Waals surface area contributed by atoms with E-state index >= 15 is 0 Å². The van der Waals surface area contributed by atoms with E-state index in [4.69, 9.17) is 0 Å². The maximum absolute atomic E-state index is 12.3. The number of nitrogens with zero attached hydrogens (tertiary/aromatic N) is 1. The number of thioether (sulfide) groups is 1. The summed E-state index contributed by atoms with van der Waals surface area (Å²) in [6, 6.07) is 8.14. The lowest BCUT2D eigenvalue weighted by atomic mass is 9.98. The molecule has 1 atom stereocenters.